The molecular weight excluding hydrogens is 550 g/mol. The van der Waals surface area contributed by atoms with Gasteiger partial charge in [0.2, 0.25) is 0 Å². The predicted octanol–water partition coefficient (Wildman–Crippen LogP) is 6.59. The monoisotopic (exact) mass is 582 g/mol. The van der Waals surface area contributed by atoms with Crippen molar-refractivity contribution in [2.45, 2.75) is 71.3 Å². The average molecular weight is 584 g/mol. The van der Waals surface area contributed by atoms with Crippen LogP contribution in [-0.2, 0) is 22.6 Å². The van der Waals surface area contributed by atoms with Crippen LogP contribution in [0.1, 0.15) is 38.1 Å². The Morgan fingerprint density at radius 2 is 1.83 bits per heavy atom. The number of ether oxygens (including phenoxy) is 2. The molecule has 1 amide bonds. The van der Waals surface area contributed by atoms with E-state index in [1.807, 2.05) is 6.07 Å². The fraction of sp³-hybridized carbons (Fsp3) is 0.480. The van der Waals surface area contributed by atoms with E-state index in [-0.39, 0.29) is 6.42 Å². The lowest BCUT2D eigenvalue weighted by Gasteiger charge is -2.24. The van der Waals surface area contributed by atoms with Gasteiger partial charge in [-0.05, 0) is 72.9 Å². The van der Waals surface area contributed by atoms with E-state index in [1.54, 1.807) is 31.6 Å². The number of carbonyl (C=O) groups excluding carboxylic acids is 1. The number of halogens is 3. The molecule has 1 aromatic carbocycles. The number of nitrogens with one attached hydrogen (secondary N) is 1. The molecule has 2 aromatic heterocycles. The Kier molecular flexibility index (Phi) is 8.89. The van der Waals surface area contributed by atoms with Gasteiger partial charge in [-0.25, -0.2) is 23.2 Å². The standard InChI is InChI=1S/C25H33BrF2N4O3Si/c1-25(2,3)35-24(33)31-20(11-16-9-17(27)12-18(28)10-16)23-19(26)13-22-21(30-23)14-29-32(22)15-34-7-8-36(4,5)6/h9-10,12-14,20H,7-8,11,15H2,1-6H3,(H,31,33)/t20-/m1/s1. The molecule has 0 radical (unpaired) electrons. The van der Waals surface area contributed by atoms with E-state index < -0.39 is 37.4 Å². The summed E-state index contributed by atoms with van der Waals surface area (Å²) >= 11 is 3.56. The van der Waals surface area contributed by atoms with Crippen molar-refractivity contribution in [1.82, 2.24) is 20.1 Å². The number of hydrogen-bond acceptors (Lipinski definition) is 5. The summed E-state index contributed by atoms with van der Waals surface area (Å²) in [6.45, 7) is 13.1. The zero-order valence-electron chi connectivity index (χ0n) is 21.5. The summed E-state index contributed by atoms with van der Waals surface area (Å²) in [6.07, 6.45) is 1.06. The summed E-state index contributed by atoms with van der Waals surface area (Å²) in [4.78, 5) is 17.3. The van der Waals surface area contributed by atoms with Crippen molar-refractivity contribution in [1.29, 1.82) is 0 Å². The van der Waals surface area contributed by atoms with Crippen LogP contribution in [0.3, 0.4) is 0 Å². The van der Waals surface area contributed by atoms with E-state index in [4.69, 9.17) is 14.5 Å². The minimum atomic E-state index is -1.20. The predicted molar refractivity (Wildman–Crippen MR) is 142 cm³/mol. The van der Waals surface area contributed by atoms with Gasteiger partial charge in [0.1, 0.15) is 29.5 Å². The van der Waals surface area contributed by atoms with Crippen LogP contribution in [-0.4, -0.2) is 41.1 Å². The molecule has 0 unspecified atom stereocenters. The fourth-order valence-corrected chi connectivity index (χ4v) is 4.84. The number of pyridine rings is 1. The van der Waals surface area contributed by atoms with Gasteiger partial charge in [0, 0.05) is 25.2 Å². The van der Waals surface area contributed by atoms with Crippen molar-refractivity contribution in [2.75, 3.05) is 6.61 Å². The van der Waals surface area contributed by atoms with Crippen molar-refractivity contribution < 1.29 is 23.0 Å². The Balaban J connectivity index is 1.88. The Hall–Kier alpha value is -2.37. The van der Waals surface area contributed by atoms with Crippen molar-refractivity contribution in [3.05, 3.63) is 57.8 Å². The molecule has 3 rings (SSSR count). The Morgan fingerprint density at radius 1 is 1.17 bits per heavy atom. The summed E-state index contributed by atoms with van der Waals surface area (Å²) in [5.41, 5.74) is 1.49. The van der Waals surface area contributed by atoms with Crippen LogP contribution in [0.25, 0.3) is 11.0 Å². The van der Waals surface area contributed by atoms with E-state index in [2.05, 4.69) is 46.0 Å². The highest BCUT2D eigenvalue weighted by molar-refractivity contribution is 9.10. The topological polar surface area (TPSA) is 78.3 Å². The number of benzene rings is 1. The second-order valence-electron chi connectivity index (χ2n) is 10.9. The summed E-state index contributed by atoms with van der Waals surface area (Å²) in [5.74, 6) is -1.39. The molecule has 0 aliphatic heterocycles. The first-order valence-electron chi connectivity index (χ1n) is 11.7. The molecule has 0 aliphatic carbocycles. The van der Waals surface area contributed by atoms with Crippen LogP contribution in [0.4, 0.5) is 13.6 Å². The van der Waals surface area contributed by atoms with Gasteiger partial charge < -0.3 is 14.8 Å². The molecular formula is C25H33BrF2N4O3Si. The molecule has 0 bridgehead atoms. The van der Waals surface area contributed by atoms with Crippen molar-refractivity contribution >= 4 is 41.1 Å². The van der Waals surface area contributed by atoms with Gasteiger partial charge in [-0.1, -0.05) is 19.6 Å². The molecule has 7 nitrogen and oxygen atoms in total. The third-order valence-electron chi connectivity index (χ3n) is 5.20. The summed E-state index contributed by atoms with van der Waals surface area (Å²) < 4.78 is 41.3. The van der Waals surface area contributed by atoms with Crippen LogP contribution >= 0.6 is 15.9 Å². The van der Waals surface area contributed by atoms with Crippen molar-refractivity contribution in [2.24, 2.45) is 0 Å². The zero-order chi connectivity index (χ0) is 26.7. The largest absolute Gasteiger partial charge is 0.444 e. The molecule has 0 saturated heterocycles. The maximum atomic E-state index is 13.9. The van der Waals surface area contributed by atoms with Crippen LogP contribution in [0.2, 0.25) is 25.7 Å². The highest BCUT2D eigenvalue weighted by Crippen LogP contribution is 2.29. The normalized spacial score (nSPS) is 13.1. The highest BCUT2D eigenvalue weighted by Gasteiger charge is 2.25. The molecule has 36 heavy (non-hydrogen) atoms. The quantitative estimate of drug-likeness (QED) is 0.227. The average Bonchev–Trinajstić information content (AvgIpc) is 3.09. The van der Waals surface area contributed by atoms with Gasteiger partial charge in [0.15, 0.2) is 0 Å². The lowest BCUT2D eigenvalue weighted by atomic mass is 10.0. The summed E-state index contributed by atoms with van der Waals surface area (Å²) in [6, 6.07) is 5.44. The maximum absolute atomic E-state index is 13.9. The molecule has 2 heterocycles. The fourth-order valence-electron chi connectivity index (χ4n) is 3.50. The molecule has 0 spiro atoms. The Bertz CT molecular complexity index is 1200. The van der Waals surface area contributed by atoms with Gasteiger partial charge in [0.25, 0.3) is 0 Å². The molecule has 3 aromatic rings. The SMILES string of the molecule is CC(C)(C)OC(=O)N[C@H](Cc1cc(F)cc(F)c1)c1nc2cnn(COCC[Si](C)(C)C)c2cc1Br. The van der Waals surface area contributed by atoms with Crippen LogP contribution in [0.15, 0.2) is 34.9 Å². The number of aromatic nitrogens is 3. The maximum Gasteiger partial charge on any atom is 0.408 e. The van der Waals surface area contributed by atoms with Crippen LogP contribution in [0.5, 0.6) is 0 Å². The van der Waals surface area contributed by atoms with Gasteiger partial charge >= 0.3 is 6.09 Å². The molecule has 196 valence electrons. The minimum Gasteiger partial charge on any atom is -0.444 e. The molecule has 0 aliphatic rings. The van der Waals surface area contributed by atoms with E-state index in [0.717, 1.165) is 17.6 Å². The number of alkyl carbamates (subject to hydrolysis) is 1. The van der Waals surface area contributed by atoms with Gasteiger partial charge in [-0.2, -0.15) is 5.10 Å². The first-order chi connectivity index (χ1) is 16.7. The van der Waals surface area contributed by atoms with Crippen LogP contribution < -0.4 is 5.32 Å². The number of carbonyl (C=O) groups is 1. The third kappa shape index (κ3) is 8.34. The van der Waals surface area contributed by atoms with E-state index in [1.165, 1.54) is 12.1 Å². The van der Waals surface area contributed by atoms with Gasteiger partial charge in [0.05, 0.1) is 23.4 Å². The number of rotatable bonds is 9. The van der Waals surface area contributed by atoms with Gasteiger partial charge in [-0.3, -0.25) is 0 Å². The van der Waals surface area contributed by atoms with Gasteiger partial charge in [-0.15, -0.1) is 0 Å². The van der Waals surface area contributed by atoms with E-state index in [0.29, 0.717) is 34.6 Å². The second-order valence-corrected chi connectivity index (χ2v) is 17.4. The summed E-state index contributed by atoms with van der Waals surface area (Å²) in [5, 5.41) is 7.19. The lowest BCUT2D eigenvalue weighted by Crippen LogP contribution is -2.36. The molecule has 1 atom stereocenters. The van der Waals surface area contributed by atoms with Crippen molar-refractivity contribution in [3.63, 3.8) is 0 Å². The number of nitrogens with zero attached hydrogens (tertiary/aromatic N) is 3. The number of amides is 1. The minimum absolute atomic E-state index is 0.0962. The zero-order valence-corrected chi connectivity index (χ0v) is 24.1. The molecule has 1 N–H and O–H groups in total. The van der Waals surface area contributed by atoms with E-state index >= 15 is 0 Å². The lowest BCUT2D eigenvalue weighted by molar-refractivity contribution is 0.0502. The first-order valence-corrected chi connectivity index (χ1v) is 16.2. The first kappa shape index (κ1) is 28.2. The number of hydrogen-bond donors (Lipinski definition) is 1. The third-order valence-corrected chi connectivity index (χ3v) is 7.54. The second kappa shape index (κ2) is 11.3. The van der Waals surface area contributed by atoms with E-state index in [9.17, 15) is 13.6 Å². The molecule has 11 heteroatoms. The number of fused-ring (bicyclic) bond motifs is 1. The molecule has 0 fully saturated rings. The summed E-state index contributed by atoms with van der Waals surface area (Å²) in [7, 11) is -1.20. The highest BCUT2D eigenvalue weighted by atomic mass is 79.9. The van der Waals surface area contributed by atoms with Crippen LogP contribution in [0, 0.1) is 11.6 Å². The Morgan fingerprint density at radius 3 is 2.44 bits per heavy atom. The Labute approximate surface area is 219 Å². The smallest absolute Gasteiger partial charge is 0.408 e. The van der Waals surface area contributed by atoms with Crippen molar-refractivity contribution in [3.8, 4) is 0 Å². The molecule has 0 saturated carbocycles.